The highest BCUT2D eigenvalue weighted by Gasteiger charge is 2.14. The van der Waals surface area contributed by atoms with E-state index in [-0.39, 0.29) is 11.7 Å². The van der Waals surface area contributed by atoms with Crippen molar-refractivity contribution in [1.29, 1.82) is 0 Å². The molecule has 1 aromatic heterocycles. The van der Waals surface area contributed by atoms with Gasteiger partial charge in [-0.25, -0.2) is 4.98 Å². The predicted octanol–water partition coefficient (Wildman–Crippen LogP) is 4.93. The maximum absolute atomic E-state index is 12.6. The number of nitrogens with two attached hydrogens (primary N) is 1. The van der Waals surface area contributed by atoms with Crippen molar-refractivity contribution < 1.29 is 14.3 Å². The number of methoxy groups -OCH3 is 1. The van der Waals surface area contributed by atoms with Crippen LogP contribution in [0.2, 0.25) is 0 Å². The summed E-state index contributed by atoms with van der Waals surface area (Å²) < 4.78 is 11.8. The number of hydrogen-bond donors (Lipinski definition) is 2. The van der Waals surface area contributed by atoms with Crippen LogP contribution in [0.25, 0.3) is 0 Å². The van der Waals surface area contributed by atoms with Gasteiger partial charge in [0.05, 0.1) is 17.9 Å². The average Bonchev–Trinajstić information content (AvgIpc) is 2.66. The van der Waals surface area contributed by atoms with Crippen LogP contribution in [0.1, 0.15) is 21.6 Å². The van der Waals surface area contributed by atoms with Gasteiger partial charge in [0.1, 0.15) is 17.3 Å². The van der Waals surface area contributed by atoms with E-state index in [2.05, 4.69) is 26.2 Å². The SMILES string of the molecule is COCc1nc(N)c(C(=O)Nc2ccc(Oc3cccc(Br)c3)cc2)cc1C. The zero-order chi connectivity index (χ0) is 20.1. The molecule has 28 heavy (non-hydrogen) atoms. The van der Waals surface area contributed by atoms with E-state index in [0.29, 0.717) is 29.3 Å². The number of benzene rings is 2. The van der Waals surface area contributed by atoms with Crippen molar-refractivity contribution in [3.63, 3.8) is 0 Å². The first-order valence-corrected chi connectivity index (χ1v) is 9.35. The third kappa shape index (κ3) is 4.88. The van der Waals surface area contributed by atoms with Crippen LogP contribution in [0.3, 0.4) is 0 Å². The molecule has 2 aromatic carbocycles. The van der Waals surface area contributed by atoms with E-state index in [1.165, 1.54) is 0 Å². The summed E-state index contributed by atoms with van der Waals surface area (Å²) >= 11 is 3.41. The molecule has 0 radical (unpaired) electrons. The third-order valence-electron chi connectivity index (χ3n) is 4.02. The van der Waals surface area contributed by atoms with Crippen LogP contribution < -0.4 is 15.8 Å². The fraction of sp³-hybridized carbons (Fsp3) is 0.143. The zero-order valence-electron chi connectivity index (χ0n) is 15.5. The quantitative estimate of drug-likeness (QED) is 0.566. The third-order valence-corrected chi connectivity index (χ3v) is 4.51. The fourth-order valence-electron chi connectivity index (χ4n) is 2.60. The molecule has 0 saturated carbocycles. The standard InChI is InChI=1S/C21H20BrN3O3/c1-13-10-18(20(23)25-19(13)12-27-2)21(26)24-15-6-8-16(9-7-15)28-17-5-3-4-14(22)11-17/h3-11H,12H2,1-2H3,(H2,23,25)(H,24,26). The minimum atomic E-state index is -0.322. The van der Waals surface area contributed by atoms with Crippen LogP contribution >= 0.6 is 15.9 Å². The van der Waals surface area contributed by atoms with E-state index >= 15 is 0 Å². The summed E-state index contributed by atoms with van der Waals surface area (Å²) in [6, 6.07) is 16.4. The summed E-state index contributed by atoms with van der Waals surface area (Å²) in [5, 5.41) is 2.82. The number of rotatable bonds is 6. The van der Waals surface area contributed by atoms with Crippen molar-refractivity contribution in [3.8, 4) is 11.5 Å². The lowest BCUT2D eigenvalue weighted by atomic mass is 10.1. The van der Waals surface area contributed by atoms with E-state index in [1.807, 2.05) is 31.2 Å². The minimum absolute atomic E-state index is 0.171. The lowest BCUT2D eigenvalue weighted by Crippen LogP contribution is -2.16. The van der Waals surface area contributed by atoms with Crippen molar-refractivity contribution in [2.45, 2.75) is 13.5 Å². The lowest BCUT2D eigenvalue weighted by molar-refractivity contribution is 0.102. The van der Waals surface area contributed by atoms with Crippen molar-refractivity contribution in [2.75, 3.05) is 18.2 Å². The monoisotopic (exact) mass is 441 g/mol. The maximum atomic E-state index is 12.6. The Balaban J connectivity index is 1.70. The Kier molecular flexibility index (Phi) is 6.28. The molecule has 0 aliphatic heterocycles. The smallest absolute Gasteiger partial charge is 0.259 e. The first kappa shape index (κ1) is 19.9. The highest BCUT2D eigenvalue weighted by Crippen LogP contribution is 2.26. The van der Waals surface area contributed by atoms with Crippen molar-refractivity contribution >= 4 is 33.3 Å². The molecule has 0 aliphatic rings. The molecule has 7 heteroatoms. The second-order valence-electron chi connectivity index (χ2n) is 6.16. The summed E-state index contributed by atoms with van der Waals surface area (Å²) in [7, 11) is 1.59. The molecule has 0 unspecified atom stereocenters. The largest absolute Gasteiger partial charge is 0.457 e. The number of nitrogens with one attached hydrogen (secondary N) is 1. The van der Waals surface area contributed by atoms with E-state index in [4.69, 9.17) is 15.2 Å². The summed E-state index contributed by atoms with van der Waals surface area (Å²) in [6.07, 6.45) is 0. The Bertz CT molecular complexity index is 991. The van der Waals surface area contributed by atoms with E-state index < -0.39 is 0 Å². The number of hydrogen-bond acceptors (Lipinski definition) is 5. The van der Waals surface area contributed by atoms with Gasteiger partial charge < -0.3 is 20.5 Å². The van der Waals surface area contributed by atoms with Crippen molar-refractivity contribution in [2.24, 2.45) is 0 Å². The molecule has 3 N–H and O–H groups in total. The molecule has 3 rings (SSSR count). The number of aromatic nitrogens is 1. The summed E-state index contributed by atoms with van der Waals surface area (Å²) in [6.45, 7) is 2.21. The summed E-state index contributed by atoms with van der Waals surface area (Å²) in [5.41, 5.74) is 8.46. The van der Waals surface area contributed by atoms with Crippen molar-refractivity contribution in [1.82, 2.24) is 4.98 Å². The highest BCUT2D eigenvalue weighted by atomic mass is 79.9. The Morgan fingerprint density at radius 3 is 2.57 bits per heavy atom. The Labute approximate surface area is 171 Å². The summed E-state index contributed by atoms with van der Waals surface area (Å²) in [5.74, 6) is 1.23. The van der Waals surface area contributed by atoms with Crippen LogP contribution in [-0.4, -0.2) is 18.0 Å². The molecule has 1 heterocycles. The minimum Gasteiger partial charge on any atom is -0.457 e. The lowest BCUT2D eigenvalue weighted by Gasteiger charge is -2.11. The molecular formula is C21H20BrN3O3. The molecule has 0 saturated heterocycles. The number of carbonyl (C=O) groups excluding carboxylic acids is 1. The Morgan fingerprint density at radius 2 is 1.89 bits per heavy atom. The number of carbonyl (C=O) groups is 1. The molecular weight excluding hydrogens is 422 g/mol. The second kappa shape index (κ2) is 8.86. The predicted molar refractivity (Wildman–Crippen MR) is 113 cm³/mol. The van der Waals surface area contributed by atoms with Crippen LogP contribution in [0.4, 0.5) is 11.5 Å². The van der Waals surface area contributed by atoms with E-state index in [9.17, 15) is 4.79 Å². The first-order chi connectivity index (χ1) is 13.5. The van der Waals surface area contributed by atoms with Crippen LogP contribution in [-0.2, 0) is 11.3 Å². The number of nitrogens with zero attached hydrogens (tertiary/aromatic N) is 1. The molecule has 0 bridgehead atoms. The number of pyridine rings is 1. The summed E-state index contributed by atoms with van der Waals surface area (Å²) in [4.78, 5) is 16.8. The Morgan fingerprint density at radius 1 is 1.14 bits per heavy atom. The molecule has 0 aliphatic carbocycles. The van der Waals surface area contributed by atoms with Gasteiger partial charge in [-0.05, 0) is 61.0 Å². The van der Waals surface area contributed by atoms with Gasteiger partial charge in [0.25, 0.3) is 5.91 Å². The van der Waals surface area contributed by atoms with Gasteiger partial charge >= 0.3 is 0 Å². The van der Waals surface area contributed by atoms with Gasteiger partial charge in [-0.15, -0.1) is 0 Å². The maximum Gasteiger partial charge on any atom is 0.259 e. The number of anilines is 2. The van der Waals surface area contributed by atoms with E-state index in [0.717, 1.165) is 15.8 Å². The highest BCUT2D eigenvalue weighted by molar-refractivity contribution is 9.10. The molecule has 0 spiro atoms. The molecule has 1 amide bonds. The molecule has 0 fully saturated rings. The number of ether oxygens (including phenoxy) is 2. The van der Waals surface area contributed by atoms with Crippen LogP contribution in [0.15, 0.2) is 59.1 Å². The van der Waals surface area contributed by atoms with Crippen LogP contribution in [0.5, 0.6) is 11.5 Å². The molecule has 3 aromatic rings. The van der Waals surface area contributed by atoms with Gasteiger partial charge in [-0.3, -0.25) is 4.79 Å². The van der Waals surface area contributed by atoms with Gasteiger partial charge in [0, 0.05) is 17.3 Å². The average molecular weight is 442 g/mol. The first-order valence-electron chi connectivity index (χ1n) is 8.56. The van der Waals surface area contributed by atoms with Gasteiger partial charge in [-0.2, -0.15) is 0 Å². The van der Waals surface area contributed by atoms with Crippen molar-refractivity contribution in [3.05, 3.63) is 75.9 Å². The topological polar surface area (TPSA) is 86.5 Å². The molecule has 6 nitrogen and oxygen atoms in total. The van der Waals surface area contributed by atoms with E-state index in [1.54, 1.807) is 37.4 Å². The van der Waals surface area contributed by atoms with Gasteiger partial charge in [0.2, 0.25) is 0 Å². The Hall–Kier alpha value is -2.90. The van der Waals surface area contributed by atoms with Gasteiger partial charge in [-0.1, -0.05) is 22.0 Å². The van der Waals surface area contributed by atoms with Gasteiger partial charge in [0.15, 0.2) is 0 Å². The number of amides is 1. The number of aryl methyl sites for hydroxylation is 1. The molecule has 0 atom stereocenters. The zero-order valence-corrected chi connectivity index (χ0v) is 17.1. The number of halogens is 1. The number of nitrogen functional groups attached to an aromatic ring is 1. The fourth-order valence-corrected chi connectivity index (χ4v) is 2.98. The molecule has 144 valence electrons. The second-order valence-corrected chi connectivity index (χ2v) is 7.07. The normalized spacial score (nSPS) is 10.5. The van der Waals surface area contributed by atoms with Crippen LogP contribution in [0, 0.1) is 6.92 Å².